The van der Waals surface area contributed by atoms with Gasteiger partial charge in [0.15, 0.2) is 11.6 Å². The number of carbonyl (C=O) groups excluding carboxylic acids is 2. The van der Waals surface area contributed by atoms with Crippen LogP contribution in [0.3, 0.4) is 0 Å². The highest BCUT2D eigenvalue weighted by atomic mass is 19.2. The van der Waals surface area contributed by atoms with Crippen LogP contribution in [-0.2, 0) is 4.79 Å². The Labute approximate surface area is 192 Å². The highest BCUT2D eigenvalue weighted by Crippen LogP contribution is 2.33. The molecule has 0 amide bonds. The third-order valence-corrected chi connectivity index (χ3v) is 6.07. The second kappa shape index (κ2) is 11.6. The van der Waals surface area contributed by atoms with Crippen LogP contribution in [0.1, 0.15) is 74.2 Å². The van der Waals surface area contributed by atoms with Gasteiger partial charge in [-0.15, -0.1) is 0 Å². The van der Waals surface area contributed by atoms with Crippen LogP contribution in [0.2, 0.25) is 0 Å². The summed E-state index contributed by atoms with van der Waals surface area (Å²) in [6.07, 6.45) is 7.96. The lowest BCUT2D eigenvalue weighted by atomic mass is 9.80. The minimum Gasteiger partial charge on any atom is -0.423 e. The van der Waals surface area contributed by atoms with Gasteiger partial charge in [0.25, 0.3) is 0 Å². The first-order valence-electron chi connectivity index (χ1n) is 11.3. The van der Waals surface area contributed by atoms with Crippen LogP contribution < -0.4 is 9.47 Å². The van der Waals surface area contributed by atoms with Gasteiger partial charge >= 0.3 is 11.9 Å². The van der Waals surface area contributed by atoms with Gasteiger partial charge in [0, 0.05) is 0 Å². The van der Waals surface area contributed by atoms with Gasteiger partial charge in [-0.25, -0.2) is 9.18 Å². The molecule has 1 saturated carbocycles. The summed E-state index contributed by atoms with van der Waals surface area (Å²) in [6.45, 7) is 2.17. The molecule has 2 aromatic carbocycles. The maximum absolute atomic E-state index is 14.5. The number of halogens is 2. The minimum atomic E-state index is -1.45. The van der Waals surface area contributed by atoms with E-state index in [1.54, 1.807) is 0 Å². The number of carbonyl (C=O) groups is 2. The zero-order valence-electron chi connectivity index (χ0n) is 18.6. The first-order chi connectivity index (χ1) is 15.9. The molecule has 0 aromatic heterocycles. The van der Waals surface area contributed by atoms with Gasteiger partial charge in [0.05, 0.1) is 23.1 Å². The Hall–Kier alpha value is -3.27. The smallest absolute Gasteiger partial charge is 0.346 e. The van der Waals surface area contributed by atoms with Crippen molar-refractivity contribution in [3.05, 3.63) is 59.2 Å². The zero-order valence-corrected chi connectivity index (χ0v) is 18.6. The molecule has 7 heteroatoms. The molecule has 0 heterocycles. The van der Waals surface area contributed by atoms with Crippen molar-refractivity contribution in [1.29, 1.82) is 5.26 Å². The lowest BCUT2D eigenvalue weighted by molar-refractivity contribution is -0.140. The molecule has 5 nitrogen and oxygen atoms in total. The fourth-order valence-electron chi connectivity index (χ4n) is 4.09. The molecule has 0 atom stereocenters. The minimum absolute atomic E-state index is 0.0830. The van der Waals surface area contributed by atoms with E-state index in [0.717, 1.165) is 31.4 Å². The zero-order chi connectivity index (χ0) is 23.8. The van der Waals surface area contributed by atoms with Crippen molar-refractivity contribution in [3.8, 4) is 17.6 Å². The quantitative estimate of drug-likeness (QED) is 0.263. The Morgan fingerprint density at radius 1 is 0.970 bits per heavy atom. The predicted octanol–water partition coefficient (Wildman–Crippen LogP) is 6.35. The summed E-state index contributed by atoms with van der Waals surface area (Å²) in [5, 5.41) is 8.79. The number of benzene rings is 2. The Morgan fingerprint density at radius 2 is 1.67 bits per heavy atom. The van der Waals surface area contributed by atoms with Crippen LogP contribution in [0.4, 0.5) is 8.78 Å². The van der Waals surface area contributed by atoms with E-state index in [1.807, 2.05) is 6.07 Å². The van der Waals surface area contributed by atoms with E-state index >= 15 is 0 Å². The standard InChI is InChI=1S/C26H27F2NO4/c1-2-3-4-5-17-6-10-19(11-7-17)25(30)33-22-15-14-21(23(27)24(22)28)26(31)32-20-12-8-18(16-29)9-13-20/h8-9,12-15,17,19H,2-7,10-11H2,1H3. The Kier molecular flexibility index (Phi) is 8.53. The topological polar surface area (TPSA) is 76.4 Å². The normalized spacial score (nSPS) is 17.8. The molecule has 2 aromatic rings. The highest BCUT2D eigenvalue weighted by molar-refractivity contribution is 5.91. The van der Waals surface area contributed by atoms with Crippen LogP contribution in [0, 0.1) is 34.8 Å². The van der Waals surface area contributed by atoms with Crippen molar-refractivity contribution in [2.45, 2.75) is 58.3 Å². The van der Waals surface area contributed by atoms with Gasteiger partial charge in [0.1, 0.15) is 5.75 Å². The molecule has 0 bridgehead atoms. The lowest BCUT2D eigenvalue weighted by Gasteiger charge is -2.27. The van der Waals surface area contributed by atoms with Crippen LogP contribution in [0.5, 0.6) is 11.5 Å². The van der Waals surface area contributed by atoms with Crippen LogP contribution in [0.15, 0.2) is 36.4 Å². The number of nitriles is 1. The predicted molar refractivity (Wildman–Crippen MR) is 118 cm³/mol. The first-order valence-corrected chi connectivity index (χ1v) is 11.3. The van der Waals surface area contributed by atoms with Gasteiger partial charge in [-0.2, -0.15) is 9.65 Å². The van der Waals surface area contributed by atoms with Crippen molar-refractivity contribution in [2.75, 3.05) is 0 Å². The van der Waals surface area contributed by atoms with E-state index < -0.39 is 34.9 Å². The van der Waals surface area contributed by atoms with Crippen LogP contribution in [-0.4, -0.2) is 11.9 Å². The molecule has 3 rings (SSSR count). The summed E-state index contributed by atoms with van der Waals surface area (Å²) in [5.74, 6) is -4.72. The molecule has 0 spiro atoms. The molecule has 0 N–H and O–H groups in total. The third-order valence-electron chi connectivity index (χ3n) is 6.07. The van der Waals surface area contributed by atoms with Gasteiger partial charge in [0.2, 0.25) is 5.82 Å². The first kappa shape index (κ1) is 24.4. The summed E-state index contributed by atoms with van der Waals surface area (Å²) in [6, 6.07) is 9.62. The van der Waals surface area contributed by atoms with Gasteiger partial charge in [-0.1, -0.05) is 32.6 Å². The van der Waals surface area contributed by atoms with Gasteiger partial charge in [-0.05, 0) is 68.0 Å². The molecule has 1 fully saturated rings. The van der Waals surface area contributed by atoms with Crippen LogP contribution in [0.25, 0.3) is 0 Å². The number of nitrogens with zero attached hydrogens (tertiary/aromatic N) is 1. The second-order valence-electron chi connectivity index (χ2n) is 8.40. The van der Waals surface area contributed by atoms with Gasteiger partial charge in [-0.3, -0.25) is 4.79 Å². The van der Waals surface area contributed by atoms with Crippen LogP contribution >= 0.6 is 0 Å². The van der Waals surface area contributed by atoms with E-state index in [9.17, 15) is 18.4 Å². The van der Waals surface area contributed by atoms with Crippen molar-refractivity contribution in [3.63, 3.8) is 0 Å². The number of unbranched alkanes of at least 4 members (excludes halogenated alkanes) is 2. The number of hydrogen-bond donors (Lipinski definition) is 0. The van der Waals surface area contributed by atoms with E-state index in [4.69, 9.17) is 14.7 Å². The van der Waals surface area contributed by atoms with E-state index in [-0.39, 0.29) is 11.7 Å². The molecule has 33 heavy (non-hydrogen) atoms. The van der Waals surface area contributed by atoms with E-state index in [1.165, 1.54) is 43.5 Å². The number of rotatable bonds is 8. The molecular weight excluding hydrogens is 428 g/mol. The molecule has 0 radical (unpaired) electrons. The number of hydrogen-bond acceptors (Lipinski definition) is 5. The molecule has 1 aliphatic carbocycles. The highest BCUT2D eigenvalue weighted by Gasteiger charge is 2.29. The largest absolute Gasteiger partial charge is 0.423 e. The number of ether oxygens (including phenoxy) is 2. The molecular formula is C26H27F2NO4. The molecule has 174 valence electrons. The lowest BCUT2D eigenvalue weighted by Crippen LogP contribution is -2.26. The average molecular weight is 456 g/mol. The van der Waals surface area contributed by atoms with Crippen molar-refractivity contribution in [2.24, 2.45) is 11.8 Å². The Morgan fingerprint density at radius 3 is 2.30 bits per heavy atom. The molecule has 0 unspecified atom stereocenters. The number of esters is 2. The Bertz CT molecular complexity index is 1020. The maximum Gasteiger partial charge on any atom is 0.346 e. The fraction of sp³-hybridized carbons (Fsp3) is 0.423. The van der Waals surface area contributed by atoms with E-state index in [0.29, 0.717) is 24.3 Å². The molecule has 0 aliphatic heterocycles. The fourth-order valence-corrected chi connectivity index (χ4v) is 4.09. The van der Waals surface area contributed by atoms with Crippen molar-refractivity contribution < 1.29 is 27.8 Å². The summed E-state index contributed by atoms with van der Waals surface area (Å²) < 4.78 is 39.2. The third kappa shape index (κ3) is 6.38. The van der Waals surface area contributed by atoms with Crippen molar-refractivity contribution >= 4 is 11.9 Å². The SMILES string of the molecule is CCCCCC1CCC(C(=O)Oc2ccc(C(=O)Oc3ccc(C#N)cc3)c(F)c2F)CC1. The van der Waals surface area contributed by atoms with Crippen molar-refractivity contribution in [1.82, 2.24) is 0 Å². The summed E-state index contributed by atoms with van der Waals surface area (Å²) in [4.78, 5) is 24.7. The summed E-state index contributed by atoms with van der Waals surface area (Å²) in [7, 11) is 0. The average Bonchev–Trinajstić information content (AvgIpc) is 2.83. The molecule has 1 aliphatic rings. The maximum atomic E-state index is 14.5. The monoisotopic (exact) mass is 455 g/mol. The molecule has 0 saturated heterocycles. The second-order valence-corrected chi connectivity index (χ2v) is 8.40. The summed E-state index contributed by atoms with van der Waals surface area (Å²) in [5.41, 5.74) is -0.257. The Balaban J connectivity index is 1.59. The van der Waals surface area contributed by atoms with E-state index in [2.05, 4.69) is 6.92 Å². The van der Waals surface area contributed by atoms with Gasteiger partial charge < -0.3 is 9.47 Å². The summed E-state index contributed by atoms with van der Waals surface area (Å²) >= 11 is 0.